The summed E-state index contributed by atoms with van der Waals surface area (Å²) in [5.41, 5.74) is 7.39. The summed E-state index contributed by atoms with van der Waals surface area (Å²) in [5, 5.41) is 0. The molecule has 0 saturated carbocycles. The van der Waals surface area contributed by atoms with Crippen LogP contribution in [-0.2, 0) is 26.2 Å². The van der Waals surface area contributed by atoms with E-state index in [2.05, 4.69) is 74.6 Å². The molecule has 0 fully saturated rings. The Morgan fingerprint density at radius 1 is 0.586 bits per heavy atom. The summed E-state index contributed by atoms with van der Waals surface area (Å²) in [7, 11) is 0. The van der Waals surface area contributed by atoms with Crippen LogP contribution in [0.3, 0.4) is 0 Å². The Bertz CT molecular complexity index is 852. The van der Waals surface area contributed by atoms with Gasteiger partial charge in [-0.1, -0.05) is 85.6 Å². The fourth-order valence-electron chi connectivity index (χ4n) is 2.66. The largest absolute Gasteiger partial charge is 4.00 e. The van der Waals surface area contributed by atoms with E-state index >= 15 is 0 Å². The molecule has 2 aromatic rings. The molecule has 0 atom stereocenters. The van der Waals surface area contributed by atoms with Crippen molar-refractivity contribution >= 4 is 12.2 Å². The molecule has 0 bridgehead atoms. The van der Waals surface area contributed by atoms with Crippen LogP contribution in [0.25, 0.3) is 12.2 Å². The van der Waals surface area contributed by atoms with Gasteiger partial charge in [0.2, 0.25) is 0 Å². The van der Waals surface area contributed by atoms with Crippen molar-refractivity contribution < 1.29 is 51.0 Å². The van der Waals surface area contributed by atoms with E-state index in [4.69, 9.17) is 0 Å². The zero-order valence-corrected chi connectivity index (χ0v) is 20.5. The summed E-state index contributed by atoms with van der Waals surface area (Å²) >= 11 is 0. The van der Waals surface area contributed by atoms with Gasteiger partial charge in [-0.05, 0) is 0 Å². The van der Waals surface area contributed by atoms with Gasteiger partial charge in [-0.15, -0.1) is 24.3 Å². The number of hydrogen-bond donors (Lipinski definition) is 0. The first-order valence-electron chi connectivity index (χ1n) is 8.80. The molecule has 0 nitrogen and oxygen atoms in total. The predicted octanol–water partition coefficient (Wildman–Crippen LogP) is 0.784. The first kappa shape index (κ1) is 27.3. The van der Waals surface area contributed by atoms with Crippen LogP contribution in [0.15, 0.2) is 107 Å². The normalized spacial score (nSPS) is 16.1. The Morgan fingerprint density at radius 3 is 1.21 bits per heavy atom. The molecule has 0 saturated heterocycles. The molecular formula is C26H22Cl2Zr. The second-order valence-corrected chi connectivity index (χ2v) is 6.26. The Labute approximate surface area is 206 Å². The third kappa shape index (κ3) is 8.71. The second-order valence-electron chi connectivity index (χ2n) is 6.26. The van der Waals surface area contributed by atoms with Gasteiger partial charge >= 0.3 is 26.2 Å². The molecule has 144 valence electrons. The molecule has 2 aromatic carbocycles. The summed E-state index contributed by atoms with van der Waals surface area (Å²) in [6.07, 6.45) is 18.8. The Morgan fingerprint density at radius 2 is 0.931 bits per heavy atom. The summed E-state index contributed by atoms with van der Waals surface area (Å²) in [4.78, 5) is 0. The van der Waals surface area contributed by atoms with Gasteiger partial charge in [-0.3, -0.25) is 0 Å². The Balaban J connectivity index is 0.000000490. The minimum atomic E-state index is 0. The topological polar surface area (TPSA) is 0 Å². The van der Waals surface area contributed by atoms with Crippen LogP contribution in [0.5, 0.6) is 0 Å². The monoisotopic (exact) mass is 494 g/mol. The molecule has 0 spiro atoms. The molecule has 29 heavy (non-hydrogen) atoms. The molecule has 0 amide bonds. The van der Waals surface area contributed by atoms with Crippen LogP contribution >= 0.6 is 0 Å². The van der Waals surface area contributed by atoms with Crippen LogP contribution in [0.1, 0.15) is 25.0 Å². The van der Waals surface area contributed by atoms with E-state index in [0.717, 1.165) is 0 Å². The maximum absolute atomic E-state index is 3.20. The molecule has 0 unspecified atom stereocenters. The second kappa shape index (κ2) is 14.3. The van der Waals surface area contributed by atoms with Crippen LogP contribution in [0, 0.1) is 12.2 Å². The van der Waals surface area contributed by atoms with Gasteiger partial charge in [0.1, 0.15) is 0 Å². The van der Waals surface area contributed by atoms with E-state index < -0.39 is 0 Å². The summed E-state index contributed by atoms with van der Waals surface area (Å²) in [5.74, 6) is 0. The fraction of sp³-hybridized carbons (Fsp3) is 0.0769. The smallest absolute Gasteiger partial charge is 1.00 e. The van der Waals surface area contributed by atoms with Gasteiger partial charge in [0.15, 0.2) is 0 Å². The van der Waals surface area contributed by atoms with Crippen molar-refractivity contribution in [3.05, 3.63) is 131 Å². The Kier molecular flexibility index (Phi) is 13.5. The number of hydrogen-bond acceptors (Lipinski definition) is 0. The van der Waals surface area contributed by atoms with Crippen molar-refractivity contribution in [3.8, 4) is 0 Å². The van der Waals surface area contributed by atoms with Crippen molar-refractivity contribution in [3.63, 3.8) is 0 Å². The molecule has 3 heteroatoms. The van der Waals surface area contributed by atoms with Crippen LogP contribution in [0.2, 0.25) is 0 Å². The van der Waals surface area contributed by atoms with Crippen LogP contribution in [-0.4, -0.2) is 0 Å². The standard InChI is InChI=1S/2C13H11.2ClH.Zr/c2*1-11-6-5-9-13(11)10-12-7-3-2-4-8-12;;;/h2*2-8,10H,1H3;2*1H;/q2*-1;;;+4/p-2. The molecule has 2 aliphatic rings. The third-order valence-corrected chi connectivity index (χ3v) is 4.22. The van der Waals surface area contributed by atoms with E-state index in [1.807, 2.05) is 48.6 Å². The average molecular weight is 497 g/mol. The maximum Gasteiger partial charge on any atom is 4.00 e. The third-order valence-electron chi connectivity index (χ3n) is 4.22. The summed E-state index contributed by atoms with van der Waals surface area (Å²) in [6.45, 7) is 4.20. The number of halogens is 2. The zero-order chi connectivity index (χ0) is 18.2. The minimum Gasteiger partial charge on any atom is -1.00 e. The van der Waals surface area contributed by atoms with E-state index in [1.165, 1.54) is 33.4 Å². The van der Waals surface area contributed by atoms with Crippen molar-refractivity contribution in [1.29, 1.82) is 0 Å². The number of rotatable bonds is 2. The summed E-state index contributed by atoms with van der Waals surface area (Å²) < 4.78 is 0. The van der Waals surface area contributed by atoms with E-state index in [9.17, 15) is 0 Å². The fourth-order valence-corrected chi connectivity index (χ4v) is 2.66. The van der Waals surface area contributed by atoms with Gasteiger partial charge in [0, 0.05) is 0 Å². The van der Waals surface area contributed by atoms with Gasteiger partial charge in [-0.25, -0.2) is 0 Å². The van der Waals surface area contributed by atoms with Crippen LogP contribution in [0.4, 0.5) is 0 Å². The van der Waals surface area contributed by atoms with Crippen molar-refractivity contribution in [2.24, 2.45) is 0 Å². The minimum absolute atomic E-state index is 0. The molecule has 0 heterocycles. The van der Waals surface area contributed by atoms with Gasteiger partial charge in [-0.2, -0.15) is 46.6 Å². The molecule has 0 N–H and O–H groups in total. The number of benzene rings is 2. The van der Waals surface area contributed by atoms with Crippen molar-refractivity contribution in [2.75, 3.05) is 0 Å². The molecule has 0 radical (unpaired) electrons. The van der Waals surface area contributed by atoms with E-state index in [-0.39, 0.29) is 51.0 Å². The molecular weight excluding hydrogens is 474 g/mol. The predicted molar refractivity (Wildman–Crippen MR) is 112 cm³/mol. The molecule has 2 aliphatic carbocycles. The van der Waals surface area contributed by atoms with Gasteiger partial charge in [0.05, 0.1) is 0 Å². The van der Waals surface area contributed by atoms with Crippen molar-refractivity contribution in [1.82, 2.24) is 0 Å². The Hall–Kier alpha value is -1.66. The maximum atomic E-state index is 3.20. The molecule has 0 aromatic heterocycles. The van der Waals surface area contributed by atoms with Crippen molar-refractivity contribution in [2.45, 2.75) is 13.8 Å². The first-order chi connectivity index (χ1) is 12.7. The summed E-state index contributed by atoms with van der Waals surface area (Å²) in [6, 6.07) is 20.6. The van der Waals surface area contributed by atoms with E-state index in [1.54, 1.807) is 0 Å². The van der Waals surface area contributed by atoms with Gasteiger partial charge < -0.3 is 24.8 Å². The van der Waals surface area contributed by atoms with Crippen LogP contribution < -0.4 is 24.8 Å². The molecule has 4 rings (SSSR count). The van der Waals surface area contributed by atoms with Gasteiger partial charge in [0.25, 0.3) is 0 Å². The SMILES string of the molecule is CC1=CC=[C-]C1=Cc1ccccc1.CC1=CC=[C-]C1=Cc1ccccc1.[Cl-].[Cl-].[Zr+4]. The van der Waals surface area contributed by atoms with E-state index in [0.29, 0.717) is 0 Å². The molecule has 0 aliphatic heterocycles. The first-order valence-corrected chi connectivity index (χ1v) is 8.80. The average Bonchev–Trinajstić information content (AvgIpc) is 3.26. The number of allylic oxidation sites excluding steroid dienone is 10. The zero-order valence-electron chi connectivity index (χ0n) is 16.5. The quantitative estimate of drug-likeness (QED) is 0.540.